The van der Waals surface area contributed by atoms with Crippen LogP contribution in [0, 0.1) is 0 Å². The van der Waals surface area contributed by atoms with E-state index in [9.17, 15) is 9.59 Å². The van der Waals surface area contributed by atoms with Crippen LogP contribution >= 0.6 is 11.6 Å². The summed E-state index contributed by atoms with van der Waals surface area (Å²) in [7, 11) is 0. The molecule has 0 heterocycles. The van der Waals surface area contributed by atoms with E-state index in [-0.39, 0.29) is 24.8 Å². The standard InChI is InChI=1S/C32H39ClN2O4/c1-4-20-34-32(37)28(21-24-12-8-7-9-13-24)35(23-26-14-10-11-15-27(26)33)31(36)19-17-25-16-18-29(38-5-2)30(22-25)39-6-3/h7-16,18,22,28H,4-6,17,19-21,23H2,1-3H3,(H,34,37)/t28-/m0/s1. The largest absolute Gasteiger partial charge is 0.490 e. The van der Waals surface area contributed by atoms with Crippen molar-refractivity contribution in [2.24, 2.45) is 0 Å². The van der Waals surface area contributed by atoms with Crippen molar-refractivity contribution in [3.05, 3.63) is 94.5 Å². The number of hydrogen-bond acceptors (Lipinski definition) is 4. The van der Waals surface area contributed by atoms with Gasteiger partial charge in [-0.15, -0.1) is 0 Å². The van der Waals surface area contributed by atoms with E-state index < -0.39 is 6.04 Å². The minimum atomic E-state index is -0.679. The summed E-state index contributed by atoms with van der Waals surface area (Å²) in [5.74, 6) is 1.07. The van der Waals surface area contributed by atoms with E-state index in [1.54, 1.807) is 11.0 Å². The third-order valence-electron chi connectivity index (χ3n) is 6.35. The molecule has 0 aliphatic heterocycles. The maximum atomic E-state index is 13.9. The zero-order valence-electron chi connectivity index (χ0n) is 23.1. The SMILES string of the molecule is CCCNC(=O)[C@H](Cc1ccccc1)N(Cc1ccccc1Cl)C(=O)CCc1ccc(OCC)c(OCC)c1. The molecular weight excluding hydrogens is 512 g/mol. The van der Waals surface area contributed by atoms with E-state index in [0.717, 1.165) is 23.1 Å². The molecule has 3 aromatic rings. The highest BCUT2D eigenvalue weighted by molar-refractivity contribution is 6.31. The normalized spacial score (nSPS) is 11.5. The molecule has 0 spiro atoms. The summed E-state index contributed by atoms with van der Waals surface area (Å²) in [5.41, 5.74) is 2.75. The Morgan fingerprint density at radius 3 is 2.26 bits per heavy atom. The summed E-state index contributed by atoms with van der Waals surface area (Å²) < 4.78 is 11.4. The fraction of sp³-hybridized carbons (Fsp3) is 0.375. The van der Waals surface area contributed by atoms with Gasteiger partial charge in [0.2, 0.25) is 11.8 Å². The highest BCUT2D eigenvalue weighted by Gasteiger charge is 2.30. The Kier molecular flexibility index (Phi) is 12.2. The van der Waals surface area contributed by atoms with Gasteiger partial charge in [-0.1, -0.05) is 73.1 Å². The maximum absolute atomic E-state index is 13.9. The van der Waals surface area contributed by atoms with Gasteiger partial charge in [0.05, 0.1) is 13.2 Å². The van der Waals surface area contributed by atoms with Crippen LogP contribution in [0.15, 0.2) is 72.8 Å². The molecule has 208 valence electrons. The number of nitrogens with zero attached hydrogens (tertiary/aromatic N) is 1. The Hall–Kier alpha value is -3.51. The smallest absolute Gasteiger partial charge is 0.243 e. The van der Waals surface area contributed by atoms with E-state index in [2.05, 4.69) is 5.32 Å². The lowest BCUT2D eigenvalue weighted by molar-refractivity contribution is -0.141. The van der Waals surface area contributed by atoms with E-state index in [4.69, 9.17) is 21.1 Å². The minimum Gasteiger partial charge on any atom is -0.490 e. The molecule has 0 aliphatic rings. The summed E-state index contributed by atoms with van der Waals surface area (Å²) in [5, 5.41) is 3.57. The fourth-order valence-corrected chi connectivity index (χ4v) is 4.57. The predicted molar refractivity (Wildman–Crippen MR) is 156 cm³/mol. The van der Waals surface area contributed by atoms with Gasteiger partial charge in [0, 0.05) is 31.0 Å². The molecule has 2 amide bonds. The molecule has 3 rings (SSSR count). The first-order valence-corrected chi connectivity index (χ1v) is 14.1. The number of hydrogen-bond donors (Lipinski definition) is 1. The van der Waals surface area contributed by atoms with Gasteiger partial charge >= 0.3 is 0 Å². The predicted octanol–water partition coefficient (Wildman–Crippen LogP) is 6.24. The second kappa shape index (κ2) is 15.8. The lowest BCUT2D eigenvalue weighted by Crippen LogP contribution is -2.50. The van der Waals surface area contributed by atoms with Crippen molar-refractivity contribution in [2.45, 2.75) is 59.0 Å². The van der Waals surface area contributed by atoms with Crippen LogP contribution in [0.3, 0.4) is 0 Å². The van der Waals surface area contributed by atoms with Crippen LogP contribution in [0.25, 0.3) is 0 Å². The Morgan fingerprint density at radius 1 is 0.872 bits per heavy atom. The number of carbonyl (C=O) groups is 2. The number of nitrogens with one attached hydrogen (secondary N) is 1. The van der Waals surface area contributed by atoms with Crippen molar-refractivity contribution in [3.8, 4) is 11.5 Å². The third kappa shape index (κ3) is 9.03. The summed E-state index contributed by atoms with van der Waals surface area (Å²) in [6.07, 6.45) is 1.95. The molecule has 6 nitrogen and oxygen atoms in total. The van der Waals surface area contributed by atoms with Gasteiger partial charge in [-0.2, -0.15) is 0 Å². The van der Waals surface area contributed by atoms with Gasteiger partial charge in [-0.3, -0.25) is 9.59 Å². The number of amides is 2. The van der Waals surface area contributed by atoms with Crippen LogP contribution < -0.4 is 14.8 Å². The molecule has 0 unspecified atom stereocenters. The number of ether oxygens (including phenoxy) is 2. The monoisotopic (exact) mass is 550 g/mol. The molecule has 1 N–H and O–H groups in total. The molecule has 39 heavy (non-hydrogen) atoms. The molecule has 3 aromatic carbocycles. The fourth-order valence-electron chi connectivity index (χ4n) is 4.38. The van der Waals surface area contributed by atoms with E-state index in [0.29, 0.717) is 49.1 Å². The lowest BCUT2D eigenvalue weighted by Gasteiger charge is -2.32. The maximum Gasteiger partial charge on any atom is 0.243 e. The first-order chi connectivity index (χ1) is 19.0. The van der Waals surface area contributed by atoms with Crippen molar-refractivity contribution in [2.75, 3.05) is 19.8 Å². The quantitative estimate of drug-likeness (QED) is 0.243. The molecular formula is C32H39ClN2O4. The number of aryl methyl sites for hydroxylation is 1. The molecule has 0 saturated carbocycles. The van der Waals surface area contributed by atoms with Crippen molar-refractivity contribution in [3.63, 3.8) is 0 Å². The molecule has 0 fully saturated rings. The average Bonchev–Trinajstić information content (AvgIpc) is 2.95. The molecule has 0 saturated heterocycles. The van der Waals surface area contributed by atoms with Gasteiger partial charge in [0.15, 0.2) is 11.5 Å². The molecule has 0 bridgehead atoms. The second-order valence-electron chi connectivity index (χ2n) is 9.26. The zero-order valence-corrected chi connectivity index (χ0v) is 23.9. The number of rotatable bonds is 15. The first-order valence-electron chi connectivity index (χ1n) is 13.7. The third-order valence-corrected chi connectivity index (χ3v) is 6.72. The van der Waals surface area contributed by atoms with Crippen molar-refractivity contribution < 1.29 is 19.1 Å². The van der Waals surface area contributed by atoms with E-state index in [1.807, 2.05) is 87.5 Å². The van der Waals surface area contributed by atoms with Crippen LogP contribution in [0.4, 0.5) is 0 Å². The Labute approximate surface area is 237 Å². The van der Waals surface area contributed by atoms with Crippen molar-refractivity contribution in [1.29, 1.82) is 0 Å². The highest BCUT2D eigenvalue weighted by atomic mass is 35.5. The second-order valence-corrected chi connectivity index (χ2v) is 9.66. The van der Waals surface area contributed by atoms with Crippen molar-refractivity contribution in [1.82, 2.24) is 10.2 Å². The molecule has 0 aliphatic carbocycles. The molecule has 7 heteroatoms. The Morgan fingerprint density at radius 2 is 1.56 bits per heavy atom. The van der Waals surface area contributed by atoms with Crippen LogP contribution in [-0.4, -0.2) is 42.5 Å². The number of benzene rings is 3. The summed E-state index contributed by atoms with van der Waals surface area (Å²) in [6, 6.07) is 22.3. The highest BCUT2D eigenvalue weighted by Crippen LogP contribution is 2.29. The summed E-state index contributed by atoms with van der Waals surface area (Å²) in [6.45, 7) is 7.70. The minimum absolute atomic E-state index is 0.116. The Balaban J connectivity index is 1.89. The van der Waals surface area contributed by atoms with Gasteiger partial charge in [-0.25, -0.2) is 0 Å². The van der Waals surface area contributed by atoms with Crippen LogP contribution in [0.1, 0.15) is 50.3 Å². The average molecular weight is 551 g/mol. The van der Waals surface area contributed by atoms with Gasteiger partial charge < -0.3 is 19.7 Å². The molecule has 1 atom stereocenters. The number of halogens is 1. The Bertz CT molecular complexity index is 1200. The van der Waals surface area contributed by atoms with Gasteiger partial charge in [0.25, 0.3) is 0 Å². The summed E-state index contributed by atoms with van der Waals surface area (Å²) >= 11 is 6.50. The lowest BCUT2D eigenvalue weighted by atomic mass is 10.0. The summed E-state index contributed by atoms with van der Waals surface area (Å²) in [4.78, 5) is 29.0. The van der Waals surface area contributed by atoms with E-state index in [1.165, 1.54) is 0 Å². The number of carbonyl (C=O) groups excluding carboxylic acids is 2. The van der Waals surface area contributed by atoms with Gasteiger partial charge in [0.1, 0.15) is 6.04 Å². The van der Waals surface area contributed by atoms with E-state index >= 15 is 0 Å². The van der Waals surface area contributed by atoms with Crippen molar-refractivity contribution >= 4 is 23.4 Å². The van der Waals surface area contributed by atoms with Gasteiger partial charge in [-0.05, 0) is 61.6 Å². The first kappa shape index (κ1) is 30.0. The molecule has 0 radical (unpaired) electrons. The van der Waals surface area contributed by atoms with Crippen LogP contribution in [-0.2, 0) is 29.0 Å². The zero-order chi connectivity index (χ0) is 28.0. The molecule has 0 aromatic heterocycles. The van der Waals surface area contributed by atoms with Crippen LogP contribution in [0.2, 0.25) is 5.02 Å². The topological polar surface area (TPSA) is 67.9 Å². The van der Waals surface area contributed by atoms with Crippen LogP contribution in [0.5, 0.6) is 11.5 Å².